The highest BCUT2D eigenvalue weighted by Crippen LogP contribution is 2.22. The second-order valence-electron chi connectivity index (χ2n) is 6.27. The Morgan fingerprint density at radius 1 is 1.38 bits per heavy atom. The fourth-order valence-corrected chi connectivity index (χ4v) is 2.65. The van der Waals surface area contributed by atoms with E-state index in [0.29, 0.717) is 10.7 Å². The van der Waals surface area contributed by atoms with Crippen LogP contribution < -0.4 is 11.1 Å². The number of nitrogens with two attached hydrogens (primary N) is 1. The number of alkyl carbamates (subject to hydrolysis) is 1. The van der Waals surface area contributed by atoms with Crippen LogP contribution in [-0.2, 0) is 16.0 Å². The first-order valence-electron chi connectivity index (χ1n) is 7.47. The van der Waals surface area contributed by atoms with Gasteiger partial charge in [0.1, 0.15) is 23.6 Å². The van der Waals surface area contributed by atoms with E-state index >= 15 is 0 Å². The molecule has 1 atom stereocenters. The van der Waals surface area contributed by atoms with E-state index in [1.165, 1.54) is 11.3 Å². The van der Waals surface area contributed by atoms with Crippen LogP contribution in [0.4, 0.5) is 4.79 Å². The molecule has 0 saturated carbocycles. The normalized spacial score (nSPS) is 12.4. The number of rotatable bonds is 6. The zero-order valence-electron chi connectivity index (χ0n) is 14.3. The third-order valence-corrected chi connectivity index (χ3v) is 3.77. The topological polar surface area (TPSA) is 158 Å². The number of aromatic nitrogens is 2. The van der Waals surface area contributed by atoms with Crippen LogP contribution in [-0.4, -0.2) is 44.7 Å². The molecule has 0 aliphatic heterocycles. The number of hydrogen-bond donors (Lipinski definition) is 3. The van der Waals surface area contributed by atoms with Gasteiger partial charge < -0.3 is 25.3 Å². The molecule has 0 radical (unpaired) electrons. The van der Waals surface area contributed by atoms with Crippen LogP contribution in [0.1, 0.15) is 36.3 Å². The van der Waals surface area contributed by atoms with Crippen LogP contribution in [0.2, 0.25) is 0 Å². The minimum atomic E-state index is -1.22. The van der Waals surface area contributed by atoms with Gasteiger partial charge in [-0.1, -0.05) is 0 Å². The summed E-state index contributed by atoms with van der Waals surface area (Å²) in [6.07, 6.45) is 0.226. The van der Waals surface area contributed by atoms with E-state index in [2.05, 4.69) is 15.3 Å². The van der Waals surface area contributed by atoms with Crippen molar-refractivity contribution < 1.29 is 28.6 Å². The Balaban J connectivity index is 2.07. The molecule has 0 spiro atoms. The zero-order chi connectivity index (χ0) is 19.5. The maximum Gasteiger partial charge on any atom is 0.408 e. The van der Waals surface area contributed by atoms with Gasteiger partial charge in [-0.25, -0.2) is 19.6 Å². The summed E-state index contributed by atoms with van der Waals surface area (Å²) in [5.74, 6) is -1.86. The predicted molar refractivity (Wildman–Crippen MR) is 90.6 cm³/mol. The van der Waals surface area contributed by atoms with E-state index in [4.69, 9.17) is 14.9 Å². The Morgan fingerprint density at radius 2 is 2.08 bits per heavy atom. The number of carboxylic acid groups (broad SMARTS) is 1. The number of thiazole rings is 1. The minimum absolute atomic E-state index is 0.0374. The van der Waals surface area contributed by atoms with Crippen molar-refractivity contribution in [3.63, 3.8) is 0 Å². The van der Waals surface area contributed by atoms with E-state index in [-0.39, 0.29) is 18.0 Å². The predicted octanol–water partition coefficient (Wildman–Crippen LogP) is 1.42. The molecule has 0 aromatic carbocycles. The number of primary amides is 1. The van der Waals surface area contributed by atoms with Crippen molar-refractivity contribution in [3.8, 4) is 11.6 Å². The maximum atomic E-state index is 11.8. The number of nitrogens with one attached hydrogen (secondary N) is 1. The standard InChI is InChI=1S/C15H18N4O6S/c1-15(2,3)25-14(23)19-7(13(21)22)4-10-17-9(6-26-10)12-18-8(5-24-12)11(16)20/h5-7H,4H2,1-3H3,(H2,16,20)(H,19,23)(H,21,22)/t7-/m0/s1. The van der Waals surface area contributed by atoms with Gasteiger partial charge in [-0.3, -0.25) is 4.79 Å². The highest BCUT2D eigenvalue weighted by molar-refractivity contribution is 7.09. The first-order chi connectivity index (χ1) is 12.0. The van der Waals surface area contributed by atoms with Gasteiger partial charge in [-0.05, 0) is 20.8 Å². The van der Waals surface area contributed by atoms with E-state index in [1.807, 2.05) is 0 Å². The Bertz CT molecular complexity index is 822. The molecular weight excluding hydrogens is 364 g/mol. The lowest BCUT2D eigenvalue weighted by molar-refractivity contribution is -0.139. The highest BCUT2D eigenvalue weighted by Gasteiger charge is 2.25. The summed E-state index contributed by atoms with van der Waals surface area (Å²) in [6, 6.07) is -1.21. The van der Waals surface area contributed by atoms with Crippen molar-refractivity contribution in [2.75, 3.05) is 0 Å². The Labute approximate surface area is 152 Å². The average molecular weight is 382 g/mol. The summed E-state index contributed by atoms with van der Waals surface area (Å²) in [5.41, 5.74) is 4.65. The highest BCUT2D eigenvalue weighted by atomic mass is 32.1. The van der Waals surface area contributed by atoms with Crippen molar-refractivity contribution in [1.82, 2.24) is 15.3 Å². The van der Waals surface area contributed by atoms with E-state index in [1.54, 1.807) is 26.2 Å². The van der Waals surface area contributed by atoms with Crippen LogP contribution in [0.15, 0.2) is 16.1 Å². The number of hydrogen-bond acceptors (Lipinski definition) is 8. The van der Waals surface area contributed by atoms with Gasteiger partial charge in [0.05, 0.1) is 5.01 Å². The molecule has 10 nitrogen and oxygen atoms in total. The molecular formula is C15H18N4O6S. The zero-order valence-corrected chi connectivity index (χ0v) is 15.1. The lowest BCUT2D eigenvalue weighted by atomic mass is 10.2. The third-order valence-electron chi connectivity index (χ3n) is 2.90. The van der Waals surface area contributed by atoms with Crippen molar-refractivity contribution in [2.24, 2.45) is 5.73 Å². The quantitative estimate of drug-likeness (QED) is 0.676. The molecule has 2 rings (SSSR count). The second kappa shape index (κ2) is 7.52. The molecule has 26 heavy (non-hydrogen) atoms. The number of nitrogens with zero attached hydrogens (tertiary/aromatic N) is 2. The SMILES string of the molecule is CC(C)(C)OC(=O)N[C@@H](Cc1nc(-c2nc(C(N)=O)co2)cs1)C(=O)O. The molecule has 4 N–H and O–H groups in total. The Kier molecular flexibility index (Phi) is 5.60. The van der Waals surface area contributed by atoms with Crippen molar-refractivity contribution in [1.29, 1.82) is 0 Å². The molecule has 0 saturated heterocycles. The van der Waals surface area contributed by atoms with Crippen LogP contribution in [0.3, 0.4) is 0 Å². The molecule has 11 heteroatoms. The summed E-state index contributed by atoms with van der Waals surface area (Å²) >= 11 is 1.17. The van der Waals surface area contributed by atoms with E-state index < -0.39 is 29.6 Å². The second-order valence-corrected chi connectivity index (χ2v) is 7.21. The van der Waals surface area contributed by atoms with Gasteiger partial charge in [0.25, 0.3) is 5.91 Å². The van der Waals surface area contributed by atoms with Crippen LogP contribution in [0.5, 0.6) is 0 Å². The van der Waals surface area contributed by atoms with Crippen LogP contribution in [0.25, 0.3) is 11.6 Å². The lowest BCUT2D eigenvalue weighted by Gasteiger charge is -2.21. The number of carbonyl (C=O) groups excluding carboxylic acids is 2. The molecule has 0 aliphatic carbocycles. The molecule has 2 aromatic rings. The molecule has 0 bridgehead atoms. The fourth-order valence-electron chi connectivity index (χ4n) is 1.83. The third kappa shape index (κ3) is 5.28. The first-order valence-corrected chi connectivity index (χ1v) is 8.35. The summed E-state index contributed by atoms with van der Waals surface area (Å²) < 4.78 is 10.2. The van der Waals surface area contributed by atoms with E-state index in [9.17, 15) is 19.5 Å². The monoisotopic (exact) mass is 382 g/mol. The molecule has 2 heterocycles. The van der Waals surface area contributed by atoms with Gasteiger partial charge in [0, 0.05) is 11.8 Å². The largest absolute Gasteiger partial charge is 0.480 e. The maximum absolute atomic E-state index is 11.8. The summed E-state index contributed by atoms with van der Waals surface area (Å²) in [4.78, 5) is 42.3. The number of amides is 2. The number of carbonyl (C=O) groups is 3. The smallest absolute Gasteiger partial charge is 0.408 e. The van der Waals surface area contributed by atoms with Gasteiger partial charge in [0.15, 0.2) is 5.69 Å². The summed E-state index contributed by atoms with van der Waals surface area (Å²) in [7, 11) is 0. The number of oxazole rings is 1. The fraction of sp³-hybridized carbons (Fsp3) is 0.400. The number of carboxylic acids is 1. The molecule has 2 aromatic heterocycles. The van der Waals surface area contributed by atoms with Crippen LogP contribution >= 0.6 is 11.3 Å². The number of ether oxygens (including phenoxy) is 1. The van der Waals surface area contributed by atoms with E-state index in [0.717, 1.165) is 6.26 Å². The Hall–Kier alpha value is -2.95. The van der Waals surface area contributed by atoms with Crippen molar-refractivity contribution in [3.05, 3.63) is 22.3 Å². The Morgan fingerprint density at radius 3 is 2.62 bits per heavy atom. The average Bonchev–Trinajstić information content (AvgIpc) is 3.12. The van der Waals surface area contributed by atoms with Gasteiger partial charge >= 0.3 is 12.1 Å². The number of aliphatic carboxylic acids is 1. The summed E-state index contributed by atoms with van der Waals surface area (Å²) in [5, 5.41) is 13.6. The summed E-state index contributed by atoms with van der Waals surface area (Å²) in [6.45, 7) is 5.02. The molecule has 2 amide bonds. The lowest BCUT2D eigenvalue weighted by Crippen LogP contribution is -2.44. The van der Waals surface area contributed by atoms with Crippen molar-refractivity contribution in [2.45, 2.75) is 38.8 Å². The molecule has 0 aliphatic rings. The molecule has 140 valence electrons. The van der Waals surface area contributed by atoms with Crippen molar-refractivity contribution >= 4 is 29.3 Å². The van der Waals surface area contributed by atoms with Gasteiger partial charge in [0.2, 0.25) is 5.89 Å². The van der Waals surface area contributed by atoms with Gasteiger partial charge in [-0.15, -0.1) is 11.3 Å². The molecule has 0 fully saturated rings. The van der Waals surface area contributed by atoms with Crippen LogP contribution in [0, 0.1) is 0 Å². The minimum Gasteiger partial charge on any atom is -0.480 e. The molecule has 0 unspecified atom stereocenters. The first kappa shape index (κ1) is 19.4. The van der Waals surface area contributed by atoms with Gasteiger partial charge in [-0.2, -0.15) is 0 Å².